The maximum absolute atomic E-state index is 12.7. The number of hydrogen-bond acceptors (Lipinski definition) is 31. The lowest BCUT2D eigenvalue weighted by Gasteiger charge is -2.61. The lowest BCUT2D eigenvalue weighted by Crippen LogP contribution is -2.68. The van der Waals surface area contributed by atoms with Crippen LogP contribution < -0.4 is 0 Å². The van der Waals surface area contributed by atoms with E-state index in [1.807, 2.05) is 6.92 Å². The average molecular weight is 1330 g/mol. The van der Waals surface area contributed by atoms with E-state index in [1.165, 1.54) is 6.92 Å². The smallest absolute Gasteiger partial charge is 0.187 e. The van der Waals surface area contributed by atoms with Gasteiger partial charge in [0.05, 0.1) is 58.0 Å². The van der Waals surface area contributed by atoms with Crippen molar-refractivity contribution in [3.8, 4) is 0 Å². The summed E-state index contributed by atoms with van der Waals surface area (Å²) >= 11 is 0. The molecule has 0 unspecified atom stereocenters. The van der Waals surface area contributed by atoms with Gasteiger partial charge in [0, 0.05) is 12.3 Å². The molecule has 0 bridgehead atoms. The highest BCUT2D eigenvalue weighted by Crippen LogP contribution is 2.71. The highest BCUT2D eigenvalue weighted by Gasteiger charge is 2.69. The van der Waals surface area contributed by atoms with Crippen molar-refractivity contribution >= 4 is 0 Å². The minimum atomic E-state index is -1.96. The second-order valence-corrected chi connectivity index (χ2v) is 29.0. The summed E-state index contributed by atoms with van der Waals surface area (Å²) in [5, 5.41) is 195. The minimum absolute atomic E-state index is 0.102. The first-order valence-corrected chi connectivity index (χ1v) is 33.1. The largest absolute Gasteiger partial charge is 0.394 e. The van der Waals surface area contributed by atoms with Gasteiger partial charge in [0.1, 0.15) is 128 Å². The molecule has 7 saturated heterocycles. The number of ether oxygens (including phenoxy) is 13. The maximum Gasteiger partial charge on any atom is 0.187 e. The standard InChI is InChI=1S/C61H102O31/c1-22(19-80-53-46(76)43(73)40(70)33(16-62)85-53)8-13-61(79)23(2)36-32(92-61)15-29-27-7-6-25-14-26(9-11-59(25,4)28(27)10-12-60(29,36)5)84-57-51(90-56-47(77)42(72)37(67)24(3)83-56)48(78)49(35(18-64)87-57)88-58-52(91-55-45(75)39(69)31(66)21-82-55)50(41(71)34(17-63)86-58)89-54-44(74)38(68)30(65)20-81-54/h22-58,62-79H,6-21H2,1-5H3/t22-,23+,24+,25+,26+,27-,28+,29+,30-,31-,32+,33-,34-,35-,36+,37+,38+,39+,40-,41-,42-,43+,44-,45-,46-,47-,48+,49+,50+,51-,52-,53-,54+,55+,56+,57-,58+,59+,60+,61+/m1/s1. The Morgan fingerprint density at radius 1 is 0.478 bits per heavy atom. The summed E-state index contributed by atoms with van der Waals surface area (Å²) in [6.07, 6.45) is -40.3. The van der Waals surface area contributed by atoms with E-state index in [4.69, 9.17) is 61.6 Å². The molecule has 11 aliphatic rings. The normalized spacial score (nSPS) is 55.9. The molecule has 7 aliphatic heterocycles. The molecular formula is C61H102O31. The van der Waals surface area contributed by atoms with Crippen LogP contribution >= 0.6 is 0 Å². The van der Waals surface area contributed by atoms with Gasteiger partial charge in [0.2, 0.25) is 0 Å². The highest BCUT2D eigenvalue weighted by molar-refractivity contribution is 5.15. The van der Waals surface area contributed by atoms with Gasteiger partial charge in [0.15, 0.2) is 43.5 Å². The molecule has 18 N–H and O–H groups in total. The molecule has 11 fully saturated rings. The first-order chi connectivity index (χ1) is 43.6. The summed E-state index contributed by atoms with van der Waals surface area (Å²) in [5.41, 5.74) is -0.208. The fourth-order valence-electron chi connectivity index (χ4n) is 18.0. The van der Waals surface area contributed by atoms with Crippen LogP contribution in [0.25, 0.3) is 0 Å². The second kappa shape index (κ2) is 28.8. The molecule has 532 valence electrons. The first-order valence-electron chi connectivity index (χ1n) is 33.1. The van der Waals surface area contributed by atoms with Crippen LogP contribution in [0.2, 0.25) is 0 Å². The number of fused-ring (bicyclic) bond motifs is 7. The SMILES string of the molecule is C[C@H](CC[C@]1(O)O[C@H]2C[C@H]3[C@@H]4CC[C@H]5C[C@@H](O[C@@H]6O[C@H](CO)[C@H](O[C@@H]7O[C@H](CO)[C@@H](O)[C@H](O[C@@H]8OC[C@@H](O)[C@H](O)[C@H]8O)[C@H]7O[C@@H]7OC[C@@H](O)[C@H](O)[C@H]7O)[C@H](O)[C@H]6O[C@@H]6O[C@@H](C)[C@H](O)[C@@H](O)[C@H]6O)CC[C@]5(C)[C@H]4CC[C@]3(C)[C@H]2[C@@H]1C)CO[C@@H]1O[C@H](CO)[C@@H](O)[C@H](O)[C@H]1O. The molecule has 4 aliphatic carbocycles. The zero-order chi connectivity index (χ0) is 66.4. The first kappa shape index (κ1) is 72.0. The van der Waals surface area contributed by atoms with Crippen molar-refractivity contribution in [3.05, 3.63) is 0 Å². The molecule has 0 aromatic heterocycles. The van der Waals surface area contributed by atoms with Gasteiger partial charge in [0.25, 0.3) is 0 Å². The van der Waals surface area contributed by atoms with Crippen LogP contribution in [0.1, 0.15) is 98.8 Å². The summed E-state index contributed by atoms with van der Waals surface area (Å²) in [6.45, 7) is 6.84. The lowest BCUT2D eigenvalue weighted by atomic mass is 9.44. The van der Waals surface area contributed by atoms with Crippen LogP contribution in [0, 0.1) is 52.3 Å². The van der Waals surface area contributed by atoms with Gasteiger partial charge in [-0.25, -0.2) is 0 Å². The van der Waals surface area contributed by atoms with Crippen molar-refractivity contribution in [2.24, 2.45) is 52.3 Å². The molecule has 31 heteroatoms. The van der Waals surface area contributed by atoms with Crippen LogP contribution in [0.3, 0.4) is 0 Å². The third-order valence-electron chi connectivity index (χ3n) is 23.5. The zero-order valence-corrected chi connectivity index (χ0v) is 52.5. The third-order valence-corrected chi connectivity index (χ3v) is 23.5. The highest BCUT2D eigenvalue weighted by atomic mass is 16.8. The lowest BCUT2D eigenvalue weighted by molar-refractivity contribution is -0.408. The van der Waals surface area contributed by atoms with Gasteiger partial charge in [-0.1, -0.05) is 27.7 Å². The predicted molar refractivity (Wildman–Crippen MR) is 303 cm³/mol. The zero-order valence-electron chi connectivity index (χ0n) is 52.5. The van der Waals surface area contributed by atoms with Gasteiger partial charge < -0.3 is 153 Å². The summed E-state index contributed by atoms with van der Waals surface area (Å²) in [4.78, 5) is 0. The van der Waals surface area contributed by atoms with Crippen LogP contribution in [0.5, 0.6) is 0 Å². The van der Waals surface area contributed by atoms with Crippen molar-refractivity contribution in [1.29, 1.82) is 0 Å². The molecular weight excluding hydrogens is 1230 g/mol. The minimum Gasteiger partial charge on any atom is -0.394 e. The second-order valence-electron chi connectivity index (χ2n) is 29.0. The Kier molecular flexibility index (Phi) is 22.5. The summed E-state index contributed by atoms with van der Waals surface area (Å²) in [7, 11) is 0. The van der Waals surface area contributed by atoms with Crippen molar-refractivity contribution in [3.63, 3.8) is 0 Å². The molecule has 31 nitrogen and oxygen atoms in total. The van der Waals surface area contributed by atoms with E-state index >= 15 is 0 Å². The predicted octanol–water partition coefficient (Wildman–Crippen LogP) is -6.00. The van der Waals surface area contributed by atoms with Crippen LogP contribution in [-0.4, -0.2) is 322 Å². The molecule has 0 aromatic rings. The molecule has 0 spiro atoms. The topological polar surface area (TPSA) is 484 Å². The van der Waals surface area contributed by atoms with Gasteiger partial charge in [-0.15, -0.1) is 0 Å². The van der Waals surface area contributed by atoms with E-state index in [0.29, 0.717) is 43.4 Å². The fraction of sp³-hybridized carbons (Fsp3) is 1.00. The molecule has 40 atom stereocenters. The van der Waals surface area contributed by atoms with E-state index in [2.05, 4.69) is 20.8 Å². The Morgan fingerprint density at radius 2 is 1.02 bits per heavy atom. The number of hydrogen-bond donors (Lipinski definition) is 18. The molecule has 92 heavy (non-hydrogen) atoms. The van der Waals surface area contributed by atoms with Crippen LogP contribution in [0.4, 0.5) is 0 Å². The van der Waals surface area contributed by atoms with E-state index < -0.39 is 217 Å². The number of rotatable bonds is 19. The van der Waals surface area contributed by atoms with Crippen molar-refractivity contribution in [1.82, 2.24) is 0 Å². The number of aliphatic hydroxyl groups is 18. The Morgan fingerprint density at radius 3 is 1.67 bits per heavy atom. The monoisotopic (exact) mass is 1330 g/mol. The van der Waals surface area contributed by atoms with Crippen molar-refractivity contribution < 1.29 is 153 Å². The fourth-order valence-corrected chi connectivity index (χ4v) is 18.0. The molecule has 0 aromatic carbocycles. The molecule has 0 amide bonds. The van der Waals surface area contributed by atoms with Crippen molar-refractivity contribution in [2.75, 3.05) is 39.6 Å². The molecule has 11 rings (SSSR count). The molecule has 7 heterocycles. The molecule has 4 saturated carbocycles. The van der Waals surface area contributed by atoms with Gasteiger partial charge in [-0.3, -0.25) is 0 Å². The van der Waals surface area contributed by atoms with E-state index in [-0.39, 0.29) is 47.2 Å². The quantitative estimate of drug-likeness (QED) is 0.0535. The van der Waals surface area contributed by atoms with Crippen LogP contribution in [0.15, 0.2) is 0 Å². The average Bonchev–Trinajstić information content (AvgIpc) is 1.49. The van der Waals surface area contributed by atoms with Gasteiger partial charge >= 0.3 is 0 Å². The Labute approximate surface area is 532 Å². The maximum atomic E-state index is 12.7. The van der Waals surface area contributed by atoms with Crippen molar-refractivity contribution in [2.45, 2.75) is 289 Å². The Hall–Kier alpha value is -1.24. The Balaban J connectivity index is 0.773. The third kappa shape index (κ3) is 13.4. The van der Waals surface area contributed by atoms with E-state index in [9.17, 15) is 91.9 Å². The summed E-state index contributed by atoms with van der Waals surface area (Å²) in [5.74, 6) is -0.280. The van der Waals surface area contributed by atoms with Gasteiger partial charge in [-0.05, 0) is 111 Å². The van der Waals surface area contributed by atoms with Crippen LogP contribution in [-0.2, 0) is 61.6 Å². The van der Waals surface area contributed by atoms with E-state index in [0.717, 1.165) is 38.5 Å². The Bertz CT molecular complexity index is 2390. The van der Waals surface area contributed by atoms with Gasteiger partial charge in [-0.2, -0.15) is 0 Å². The summed E-state index contributed by atoms with van der Waals surface area (Å²) < 4.78 is 79.3. The molecule has 0 radical (unpaired) electrons. The number of aliphatic hydroxyl groups excluding tert-OH is 17. The van der Waals surface area contributed by atoms with E-state index in [1.54, 1.807) is 0 Å². The summed E-state index contributed by atoms with van der Waals surface area (Å²) in [6, 6.07) is 0.